The normalized spacial score (nSPS) is 11.1. The first-order valence-electron chi connectivity index (χ1n) is 6.10. The third-order valence-corrected chi connectivity index (χ3v) is 2.93. The molecule has 0 amide bonds. The summed E-state index contributed by atoms with van der Waals surface area (Å²) < 4.78 is 5.35. The van der Waals surface area contributed by atoms with E-state index in [9.17, 15) is 14.7 Å². The van der Waals surface area contributed by atoms with Crippen LogP contribution < -0.4 is 5.43 Å². The standard InChI is InChI=1S/C16H14O4/c1-3-12(17)6-4-5-11-9-20-14-8-13(18)7-10(2)15(14)16(11)19/h3-5,7-9,18H,1,6H2,2H3/b5-4+. The van der Waals surface area contributed by atoms with Gasteiger partial charge in [0.2, 0.25) is 0 Å². The number of carbonyl (C=O) groups is 1. The molecular weight excluding hydrogens is 256 g/mol. The van der Waals surface area contributed by atoms with E-state index < -0.39 is 0 Å². The zero-order valence-corrected chi connectivity index (χ0v) is 11.1. The molecule has 0 fully saturated rings. The third-order valence-electron chi connectivity index (χ3n) is 2.93. The van der Waals surface area contributed by atoms with Gasteiger partial charge in [0.15, 0.2) is 11.2 Å². The van der Waals surface area contributed by atoms with Gasteiger partial charge in [0.05, 0.1) is 10.9 Å². The summed E-state index contributed by atoms with van der Waals surface area (Å²) in [6, 6.07) is 2.91. The van der Waals surface area contributed by atoms with Gasteiger partial charge in [-0.3, -0.25) is 9.59 Å². The minimum atomic E-state index is -0.189. The molecule has 4 nitrogen and oxygen atoms in total. The lowest BCUT2D eigenvalue weighted by Crippen LogP contribution is -2.06. The number of allylic oxidation sites excluding steroid dienone is 2. The minimum Gasteiger partial charge on any atom is -0.508 e. The molecule has 0 aliphatic rings. The van der Waals surface area contributed by atoms with Gasteiger partial charge in [0.25, 0.3) is 0 Å². The van der Waals surface area contributed by atoms with Crippen LogP contribution in [0.15, 0.2) is 46.3 Å². The molecule has 0 saturated heterocycles. The van der Waals surface area contributed by atoms with Gasteiger partial charge in [-0.15, -0.1) is 0 Å². The molecule has 2 aromatic rings. The van der Waals surface area contributed by atoms with E-state index in [0.717, 1.165) is 0 Å². The summed E-state index contributed by atoms with van der Waals surface area (Å²) in [5.74, 6) is -0.0643. The van der Waals surface area contributed by atoms with Crippen LogP contribution in [-0.2, 0) is 4.79 Å². The third kappa shape index (κ3) is 2.69. The number of aromatic hydroxyl groups is 1. The van der Waals surface area contributed by atoms with Gasteiger partial charge in [0.1, 0.15) is 17.6 Å². The average Bonchev–Trinajstić information content (AvgIpc) is 2.40. The summed E-state index contributed by atoms with van der Waals surface area (Å²) in [6.07, 6.45) is 5.89. The molecule has 0 atom stereocenters. The molecule has 0 bridgehead atoms. The summed E-state index contributed by atoms with van der Waals surface area (Å²) in [5, 5.41) is 9.91. The summed E-state index contributed by atoms with van der Waals surface area (Å²) >= 11 is 0. The highest BCUT2D eigenvalue weighted by Crippen LogP contribution is 2.22. The number of fused-ring (bicyclic) bond motifs is 1. The molecule has 1 N–H and O–H groups in total. The molecule has 1 aromatic carbocycles. The second kappa shape index (κ2) is 5.57. The van der Waals surface area contributed by atoms with Crippen LogP contribution in [0.4, 0.5) is 0 Å². The van der Waals surface area contributed by atoms with Crippen molar-refractivity contribution in [3.05, 3.63) is 58.5 Å². The molecule has 0 spiro atoms. The summed E-state index contributed by atoms with van der Waals surface area (Å²) in [5.41, 5.74) is 1.16. The van der Waals surface area contributed by atoms with Crippen molar-refractivity contribution >= 4 is 22.8 Å². The number of aryl methyl sites for hydroxylation is 1. The molecule has 4 heteroatoms. The Hall–Kier alpha value is -2.62. The van der Waals surface area contributed by atoms with Crippen LogP contribution in [0.25, 0.3) is 17.0 Å². The first kappa shape index (κ1) is 13.8. The Balaban J connectivity index is 2.47. The first-order valence-corrected chi connectivity index (χ1v) is 6.10. The largest absolute Gasteiger partial charge is 0.508 e. The summed E-state index contributed by atoms with van der Waals surface area (Å²) in [6.45, 7) is 5.11. The molecule has 0 radical (unpaired) electrons. The number of ketones is 1. The molecule has 0 unspecified atom stereocenters. The maximum Gasteiger partial charge on any atom is 0.200 e. The second-order valence-electron chi connectivity index (χ2n) is 4.43. The molecule has 2 rings (SSSR count). The van der Waals surface area contributed by atoms with Crippen molar-refractivity contribution in [2.24, 2.45) is 0 Å². The number of phenolic OH excluding ortho intramolecular Hbond substituents is 1. The Bertz CT molecular complexity index is 766. The lowest BCUT2D eigenvalue weighted by Gasteiger charge is -2.03. The van der Waals surface area contributed by atoms with Crippen molar-refractivity contribution in [3.63, 3.8) is 0 Å². The maximum absolute atomic E-state index is 12.3. The van der Waals surface area contributed by atoms with Gasteiger partial charge < -0.3 is 9.52 Å². The second-order valence-corrected chi connectivity index (χ2v) is 4.43. The van der Waals surface area contributed by atoms with E-state index >= 15 is 0 Å². The van der Waals surface area contributed by atoms with Crippen LogP contribution in [0.3, 0.4) is 0 Å². The molecular formula is C16H14O4. The van der Waals surface area contributed by atoms with Gasteiger partial charge in [-0.2, -0.15) is 0 Å². The van der Waals surface area contributed by atoms with Crippen molar-refractivity contribution < 1.29 is 14.3 Å². The van der Waals surface area contributed by atoms with Gasteiger partial charge >= 0.3 is 0 Å². The van der Waals surface area contributed by atoms with E-state index in [1.54, 1.807) is 19.1 Å². The lowest BCUT2D eigenvalue weighted by molar-refractivity contribution is -0.113. The monoisotopic (exact) mass is 270 g/mol. The summed E-state index contributed by atoms with van der Waals surface area (Å²) in [4.78, 5) is 23.4. The van der Waals surface area contributed by atoms with Gasteiger partial charge in [-0.1, -0.05) is 18.7 Å². The van der Waals surface area contributed by atoms with Crippen LogP contribution in [-0.4, -0.2) is 10.9 Å². The van der Waals surface area contributed by atoms with Crippen molar-refractivity contribution in [2.75, 3.05) is 0 Å². The highest BCUT2D eigenvalue weighted by Gasteiger charge is 2.09. The van der Waals surface area contributed by atoms with Crippen molar-refractivity contribution in [1.29, 1.82) is 0 Å². The van der Waals surface area contributed by atoms with Crippen LogP contribution in [0.2, 0.25) is 0 Å². The first-order chi connectivity index (χ1) is 9.52. The predicted octanol–water partition coefficient (Wildman–Crippen LogP) is 2.97. The smallest absolute Gasteiger partial charge is 0.200 e. The number of rotatable bonds is 4. The van der Waals surface area contributed by atoms with E-state index in [1.165, 1.54) is 24.5 Å². The predicted molar refractivity (Wildman–Crippen MR) is 77.7 cm³/mol. The minimum absolute atomic E-state index is 0.0537. The van der Waals surface area contributed by atoms with E-state index in [4.69, 9.17) is 4.42 Å². The number of benzene rings is 1. The topological polar surface area (TPSA) is 67.5 Å². The fraction of sp³-hybridized carbons (Fsp3) is 0.125. The fourth-order valence-corrected chi connectivity index (χ4v) is 1.95. The zero-order valence-electron chi connectivity index (χ0n) is 11.1. The maximum atomic E-state index is 12.3. The quantitative estimate of drug-likeness (QED) is 0.867. The SMILES string of the molecule is C=CC(=O)C/C=C/c1coc2cc(O)cc(C)c2c1=O. The van der Waals surface area contributed by atoms with Crippen LogP contribution in [0.1, 0.15) is 17.5 Å². The number of carbonyl (C=O) groups excluding carboxylic acids is 1. The fourth-order valence-electron chi connectivity index (χ4n) is 1.95. The Labute approximate surface area is 115 Å². The molecule has 0 aliphatic heterocycles. The molecule has 1 aromatic heterocycles. The van der Waals surface area contributed by atoms with E-state index in [1.807, 2.05) is 0 Å². The lowest BCUT2D eigenvalue weighted by atomic mass is 10.1. The van der Waals surface area contributed by atoms with E-state index in [-0.39, 0.29) is 23.4 Å². The average molecular weight is 270 g/mol. The van der Waals surface area contributed by atoms with E-state index in [2.05, 4.69) is 6.58 Å². The van der Waals surface area contributed by atoms with Gasteiger partial charge in [-0.05, 0) is 24.6 Å². The number of phenols is 1. The van der Waals surface area contributed by atoms with Crippen LogP contribution in [0, 0.1) is 6.92 Å². The Kier molecular flexibility index (Phi) is 3.84. The molecule has 0 saturated carbocycles. The van der Waals surface area contributed by atoms with Crippen molar-refractivity contribution in [1.82, 2.24) is 0 Å². The Morgan fingerprint density at radius 3 is 2.90 bits per heavy atom. The number of hydrogen-bond acceptors (Lipinski definition) is 4. The molecule has 1 heterocycles. The van der Waals surface area contributed by atoms with Gasteiger partial charge in [-0.25, -0.2) is 0 Å². The van der Waals surface area contributed by atoms with Gasteiger partial charge in [0, 0.05) is 12.5 Å². The van der Waals surface area contributed by atoms with Crippen molar-refractivity contribution in [2.45, 2.75) is 13.3 Å². The highest BCUT2D eigenvalue weighted by molar-refractivity contribution is 5.90. The molecule has 20 heavy (non-hydrogen) atoms. The highest BCUT2D eigenvalue weighted by atomic mass is 16.3. The zero-order chi connectivity index (χ0) is 14.7. The number of hydrogen-bond donors (Lipinski definition) is 1. The van der Waals surface area contributed by atoms with Crippen LogP contribution in [0.5, 0.6) is 5.75 Å². The molecule has 102 valence electrons. The Morgan fingerprint density at radius 1 is 1.45 bits per heavy atom. The summed E-state index contributed by atoms with van der Waals surface area (Å²) in [7, 11) is 0. The van der Waals surface area contributed by atoms with E-state index in [0.29, 0.717) is 22.1 Å². The van der Waals surface area contributed by atoms with Crippen LogP contribution >= 0.6 is 0 Å². The van der Waals surface area contributed by atoms with Crippen molar-refractivity contribution in [3.8, 4) is 5.75 Å². The Morgan fingerprint density at radius 2 is 2.20 bits per heavy atom. The molecule has 0 aliphatic carbocycles.